The first-order valence-electron chi connectivity index (χ1n) is 9.48. The number of carbonyl (C=O) groups excluding carboxylic acids is 3. The third-order valence-corrected chi connectivity index (χ3v) is 4.79. The average Bonchev–Trinajstić information content (AvgIpc) is 3.39. The summed E-state index contributed by atoms with van der Waals surface area (Å²) in [6, 6.07) is 13.9. The molecule has 1 N–H and O–H groups in total. The Morgan fingerprint density at radius 1 is 1.07 bits per heavy atom. The number of imide groups is 1. The van der Waals surface area contributed by atoms with Crippen LogP contribution in [0.25, 0.3) is 0 Å². The highest BCUT2D eigenvalue weighted by Gasteiger charge is 2.28. The number of carbonyl (C=O) groups is 3. The van der Waals surface area contributed by atoms with Gasteiger partial charge < -0.3 is 14.6 Å². The second-order valence-corrected chi connectivity index (χ2v) is 6.94. The van der Waals surface area contributed by atoms with Gasteiger partial charge in [-0.05, 0) is 41.5 Å². The standard InChI is InChI=1S/C22H20N4O4/c27-20-12-24-22(29)26(20)14-16-5-7-18(8-6-16)21(28)25(15-19-4-2-10-30-19)13-17-3-1-9-23-11-17/h1-11H,12-15H2,(H,24,29). The van der Waals surface area contributed by atoms with Crippen LogP contribution in [0.5, 0.6) is 0 Å². The molecular formula is C22H20N4O4. The quantitative estimate of drug-likeness (QED) is 0.611. The van der Waals surface area contributed by atoms with Gasteiger partial charge in [-0.2, -0.15) is 0 Å². The number of urea groups is 1. The summed E-state index contributed by atoms with van der Waals surface area (Å²) >= 11 is 0. The summed E-state index contributed by atoms with van der Waals surface area (Å²) in [4.78, 5) is 43.6. The summed E-state index contributed by atoms with van der Waals surface area (Å²) in [7, 11) is 0. The Hall–Kier alpha value is -3.94. The molecule has 0 bridgehead atoms. The van der Waals surface area contributed by atoms with Crippen LogP contribution in [0, 0.1) is 0 Å². The number of hydrogen-bond donors (Lipinski definition) is 1. The van der Waals surface area contributed by atoms with Crippen LogP contribution in [0.2, 0.25) is 0 Å². The number of nitrogens with zero attached hydrogens (tertiary/aromatic N) is 3. The lowest BCUT2D eigenvalue weighted by Gasteiger charge is -2.22. The van der Waals surface area contributed by atoms with Crippen molar-refractivity contribution in [3.63, 3.8) is 0 Å². The predicted molar refractivity (Wildman–Crippen MR) is 107 cm³/mol. The van der Waals surface area contributed by atoms with Crippen molar-refractivity contribution in [1.29, 1.82) is 0 Å². The van der Waals surface area contributed by atoms with Crippen molar-refractivity contribution in [1.82, 2.24) is 20.1 Å². The van der Waals surface area contributed by atoms with Gasteiger partial charge in [0.15, 0.2) is 0 Å². The van der Waals surface area contributed by atoms with Crippen molar-refractivity contribution in [3.05, 3.63) is 89.6 Å². The van der Waals surface area contributed by atoms with Crippen molar-refractivity contribution in [2.45, 2.75) is 19.6 Å². The largest absolute Gasteiger partial charge is 0.467 e. The summed E-state index contributed by atoms with van der Waals surface area (Å²) in [5.74, 6) is 0.264. The highest BCUT2D eigenvalue weighted by Crippen LogP contribution is 2.16. The molecule has 0 aliphatic carbocycles. The van der Waals surface area contributed by atoms with Crippen LogP contribution < -0.4 is 5.32 Å². The molecule has 0 radical (unpaired) electrons. The van der Waals surface area contributed by atoms with Crippen LogP contribution >= 0.6 is 0 Å². The summed E-state index contributed by atoms with van der Waals surface area (Å²) in [5.41, 5.74) is 2.18. The Bertz CT molecular complexity index is 1020. The Morgan fingerprint density at radius 3 is 2.53 bits per heavy atom. The molecule has 1 aliphatic heterocycles. The molecular weight excluding hydrogens is 384 g/mol. The van der Waals surface area contributed by atoms with Crippen molar-refractivity contribution >= 4 is 17.8 Å². The third-order valence-electron chi connectivity index (χ3n) is 4.79. The zero-order valence-corrected chi connectivity index (χ0v) is 16.2. The molecule has 1 aliphatic rings. The van der Waals surface area contributed by atoms with E-state index in [1.54, 1.807) is 53.9 Å². The van der Waals surface area contributed by atoms with E-state index in [9.17, 15) is 14.4 Å². The van der Waals surface area contributed by atoms with Gasteiger partial charge >= 0.3 is 6.03 Å². The van der Waals surface area contributed by atoms with E-state index in [2.05, 4.69) is 10.3 Å². The Kier molecular flexibility index (Phi) is 5.56. The van der Waals surface area contributed by atoms with Gasteiger partial charge in [-0.25, -0.2) is 4.79 Å². The molecule has 1 aromatic carbocycles. The van der Waals surface area contributed by atoms with E-state index in [1.165, 1.54) is 0 Å². The Balaban J connectivity index is 1.50. The minimum Gasteiger partial charge on any atom is -0.467 e. The molecule has 30 heavy (non-hydrogen) atoms. The SMILES string of the molecule is O=C(c1ccc(CN2C(=O)CNC2=O)cc1)N(Cc1cccnc1)Cc1ccco1. The number of hydrogen-bond acceptors (Lipinski definition) is 5. The van der Waals surface area contributed by atoms with Crippen molar-refractivity contribution in [3.8, 4) is 0 Å². The number of benzene rings is 1. The molecule has 8 nitrogen and oxygen atoms in total. The number of pyridine rings is 1. The molecule has 4 rings (SSSR count). The zero-order chi connectivity index (χ0) is 20.9. The molecule has 0 saturated carbocycles. The second kappa shape index (κ2) is 8.60. The van der Waals surface area contributed by atoms with Gasteiger partial charge in [0, 0.05) is 24.5 Å². The molecule has 3 aromatic rings. The third kappa shape index (κ3) is 4.38. The second-order valence-electron chi connectivity index (χ2n) is 6.94. The lowest BCUT2D eigenvalue weighted by Crippen LogP contribution is -2.31. The molecule has 8 heteroatoms. The summed E-state index contributed by atoms with van der Waals surface area (Å²) in [5, 5.41) is 2.49. The number of rotatable bonds is 7. The molecule has 1 saturated heterocycles. The van der Waals surface area contributed by atoms with E-state index in [0.29, 0.717) is 24.4 Å². The molecule has 1 fully saturated rings. The average molecular weight is 404 g/mol. The number of amides is 4. The molecule has 152 valence electrons. The fourth-order valence-corrected chi connectivity index (χ4v) is 3.24. The van der Waals surface area contributed by atoms with Gasteiger partial charge in [0.05, 0.1) is 25.9 Å². The van der Waals surface area contributed by atoms with E-state index in [4.69, 9.17) is 4.42 Å². The molecule has 3 heterocycles. The number of nitrogens with one attached hydrogen (secondary N) is 1. The normalized spacial score (nSPS) is 13.4. The lowest BCUT2D eigenvalue weighted by molar-refractivity contribution is -0.125. The summed E-state index contributed by atoms with van der Waals surface area (Å²) in [6.45, 7) is 0.902. The number of aromatic nitrogens is 1. The zero-order valence-electron chi connectivity index (χ0n) is 16.2. The van der Waals surface area contributed by atoms with Crippen molar-refractivity contribution in [2.24, 2.45) is 0 Å². The molecule has 2 aromatic heterocycles. The van der Waals surface area contributed by atoms with Crippen LogP contribution in [0.1, 0.15) is 27.2 Å². The topological polar surface area (TPSA) is 95.8 Å². The lowest BCUT2D eigenvalue weighted by atomic mass is 10.1. The molecule has 0 atom stereocenters. The van der Waals surface area contributed by atoms with Crippen molar-refractivity contribution < 1.29 is 18.8 Å². The van der Waals surface area contributed by atoms with E-state index in [0.717, 1.165) is 16.0 Å². The van der Waals surface area contributed by atoms with E-state index in [1.807, 2.05) is 18.2 Å². The first-order valence-corrected chi connectivity index (χ1v) is 9.48. The van der Waals surface area contributed by atoms with Gasteiger partial charge in [-0.1, -0.05) is 18.2 Å². The van der Waals surface area contributed by atoms with Crippen LogP contribution in [-0.2, 0) is 24.4 Å². The minimum absolute atomic E-state index is 0.0193. The Morgan fingerprint density at radius 2 is 1.90 bits per heavy atom. The van der Waals surface area contributed by atoms with E-state index < -0.39 is 6.03 Å². The van der Waals surface area contributed by atoms with Crippen molar-refractivity contribution in [2.75, 3.05) is 6.54 Å². The van der Waals surface area contributed by atoms with Crippen LogP contribution in [0.4, 0.5) is 4.79 Å². The summed E-state index contributed by atoms with van der Waals surface area (Å²) < 4.78 is 5.42. The van der Waals surface area contributed by atoms with Gasteiger partial charge in [0.1, 0.15) is 5.76 Å². The molecule has 0 spiro atoms. The maximum absolute atomic E-state index is 13.2. The van der Waals surface area contributed by atoms with Gasteiger partial charge in [-0.15, -0.1) is 0 Å². The first kappa shape index (κ1) is 19.4. The highest BCUT2D eigenvalue weighted by atomic mass is 16.3. The van der Waals surface area contributed by atoms with Crippen LogP contribution in [0.15, 0.2) is 71.6 Å². The predicted octanol–water partition coefficient (Wildman–Crippen LogP) is 2.57. The monoisotopic (exact) mass is 404 g/mol. The highest BCUT2D eigenvalue weighted by molar-refractivity contribution is 6.01. The number of furan rings is 1. The maximum atomic E-state index is 13.2. The molecule has 4 amide bonds. The van der Waals surface area contributed by atoms with Gasteiger partial charge in [0.2, 0.25) is 5.91 Å². The first-order chi connectivity index (χ1) is 14.6. The van der Waals surface area contributed by atoms with Gasteiger partial charge in [-0.3, -0.25) is 19.5 Å². The van der Waals surface area contributed by atoms with Crippen LogP contribution in [-0.4, -0.2) is 39.2 Å². The van der Waals surface area contributed by atoms with E-state index >= 15 is 0 Å². The fraction of sp³-hybridized carbons (Fsp3) is 0.182. The summed E-state index contributed by atoms with van der Waals surface area (Å²) in [6.07, 6.45) is 4.99. The smallest absolute Gasteiger partial charge is 0.324 e. The molecule has 0 unspecified atom stereocenters. The van der Waals surface area contributed by atoms with Crippen LogP contribution in [0.3, 0.4) is 0 Å². The maximum Gasteiger partial charge on any atom is 0.324 e. The Labute approximate surface area is 173 Å². The van der Waals surface area contributed by atoms with Gasteiger partial charge in [0.25, 0.3) is 5.91 Å². The fourth-order valence-electron chi connectivity index (χ4n) is 3.24. The minimum atomic E-state index is -0.402. The van der Waals surface area contributed by atoms with E-state index in [-0.39, 0.29) is 24.9 Å².